The molecule has 2 unspecified atom stereocenters. The summed E-state index contributed by atoms with van der Waals surface area (Å²) in [5, 5.41) is 0.159. The second kappa shape index (κ2) is 6.18. The third-order valence-corrected chi connectivity index (χ3v) is 4.29. The zero-order valence-corrected chi connectivity index (χ0v) is 12.2. The topological polar surface area (TPSA) is 32.5 Å². The minimum atomic E-state index is -0.375. The summed E-state index contributed by atoms with van der Waals surface area (Å²) in [6, 6.07) is 5.52. The molecule has 1 saturated heterocycles. The van der Waals surface area contributed by atoms with E-state index in [-0.39, 0.29) is 16.9 Å². The van der Waals surface area contributed by atoms with E-state index < -0.39 is 0 Å². The van der Waals surface area contributed by atoms with Gasteiger partial charge in [-0.05, 0) is 31.7 Å². The minimum Gasteiger partial charge on any atom is -0.329 e. The number of benzene rings is 1. The van der Waals surface area contributed by atoms with Crippen LogP contribution >= 0.6 is 11.6 Å². The van der Waals surface area contributed by atoms with Gasteiger partial charge >= 0.3 is 0 Å². The van der Waals surface area contributed by atoms with Gasteiger partial charge in [0, 0.05) is 38.3 Å². The number of hydrogen-bond acceptors (Lipinski definition) is 3. The van der Waals surface area contributed by atoms with Crippen molar-refractivity contribution in [3.63, 3.8) is 0 Å². The summed E-state index contributed by atoms with van der Waals surface area (Å²) in [6.07, 6.45) is 0. The quantitative estimate of drug-likeness (QED) is 0.923. The van der Waals surface area contributed by atoms with Gasteiger partial charge in [0.05, 0.1) is 5.02 Å². The van der Waals surface area contributed by atoms with E-state index in [4.69, 9.17) is 17.3 Å². The Morgan fingerprint density at radius 2 is 2.21 bits per heavy atom. The van der Waals surface area contributed by atoms with Crippen LogP contribution in [0.25, 0.3) is 0 Å². The average molecular weight is 286 g/mol. The molecule has 0 bridgehead atoms. The van der Waals surface area contributed by atoms with Crippen molar-refractivity contribution in [3.05, 3.63) is 34.6 Å². The molecule has 2 atom stereocenters. The first-order valence-corrected chi connectivity index (χ1v) is 7.00. The van der Waals surface area contributed by atoms with E-state index >= 15 is 0 Å². The Balaban J connectivity index is 2.17. The molecule has 5 heteroatoms. The first-order chi connectivity index (χ1) is 9.02. The van der Waals surface area contributed by atoms with Crippen LogP contribution in [-0.2, 0) is 0 Å². The molecule has 1 heterocycles. The highest BCUT2D eigenvalue weighted by Crippen LogP contribution is 2.25. The summed E-state index contributed by atoms with van der Waals surface area (Å²) in [5.41, 5.74) is 6.80. The molecule has 0 amide bonds. The summed E-state index contributed by atoms with van der Waals surface area (Å²) in [4.78, 5) is 4.65. The van der Waals surface area contributed by atoms with Gasteiger partial charge < -0.3 is 10.6 Å². The largest absolute Gasteiger partial charge is 0.329 e. The second-order valence-electron chi connectivity index (χ2n) is 5.25. The molecular weight excluding hydrogens is 265 g/mol. The maximum atomic E-state index is 13.6. The van der Waals surface area contributed by atoms with Crippen LogP contribution in [0.2, 0.25) is 5.02 Å². The highest BCUT2D eigenvalue weighted by Gasteiger charge is 2.27. The van der Waals surface area contributed by atoms with Crippen LogP contribution in [0.3, 0.4) is 0 Å². The summed E-state index contributed by atoms with van der Waals surface area (Å²) in [6.45, 7) is 5.59. The molecule has 0 saturated carbocycles. The maximum Gasteiger partial charge on any atom is 0.142 e. The van der Waals surface area contributed by atoms with Gasteiger partial charge in [0.15, 0.2) is 0 Å². The summed E-state index contributed by atoms with van der Waals surface area (Å²) in [5.74, 6) is -0.375. The van der Waals surface area contributed by atoms with Crippen molar-refractivity contribution in [2.75, 3.05) is 33.2 Å². The Morgan fingerprint density at radius 3 is 2.79 bits per heavy atom. The van der Waals surface area contributed by atoms with Crippen molar-refractivity contribution in [2.45, 2.75) is 19.0 Å². The van der Waals surface area contributed by atoms with E-state index in [2.05, 4.69) is 23.8 Å². The van der Waals surface area contributed by atoms with Crippen molar-refractivity contribution >= 4 is 11.6 Å². The van der Waals surface area contributed by atoms with Crippen LogP contribution in [0.1, 0.15) is 18.5 Å². The van der Waals surface area contributed by atoms with Gasteiger partial charge in [0.2, 0.25) is 0 Å². The van der Waals surface area contributed by atoms with E-state index in [9.17, 15) is 4.39 Å². The lowest BCUT2D eigenvalue weighted by molar-refractivity contribution is 0.0740. The number of nitrogens with two attached hydrogens (primary N) is 1. The molecule has 1 aliphatic heterocycles. The van der Waals surface area contributed by atoms with E-state index in [1.54, 1.807) is 6.07 Å². The van der Waals surface area contributed by atoms with Crippen LogP contribution < -0.4 is 5.73 Å². The fourth-order valence-electron chi connectivity index (χ4n) is 2.58. The molecule has 0 spiro atoms. The number of nitrogens with zero attached hydrogens (tertiary/aromatic N) is 2. The number of rotatable bonds is 3. The van der Waals surface area contributed by atoms with Crippen LogP contribution in [0.15, 0.2) is 18.2 Å². The van der Waals surface area contributed by atoms with Crippen molar-refractivity contribution in [2.24, 2.45) is 5.73 Å². The van der Waals surface area contributed by atoms with Gasteiger partial charge in [0.25, 0.3) is 0 Å². The predicted molar refractivity (Wildman–Crippen MR) is 76.9 cm³/mol. The molecule has 0 aromatic heterocycles. The smallest absolute Gasteiger partial charge is 0.142 e. The number of piperazine rings is 1. The van der Waals surface area contributed by atoms with E-state index in [0.29, 0.717) is 12.6 Å². The van der Waals surface area contributed by atoms with Gasteiger partial charge in [-0.2, -0.15) is 0 Å². The Kier molecular flexibility index (Phi) is 4.79. The fourth-order valence-corrected chi connectivity index (χ4v) is 2.69. The standard InChI is InChI=1S/C14H21ClFN3/c1-10-9-19(6-5-18(10)2)14(8-17)11-3-4-12(15)13(16)7-11/h3-4,7,10,14H,5-6,8-9,17H2,1-2H3. The van der Waals surface area contributed by atoms with Crippen LogP contribution in [0.5, 0.6) is 0 Å². The zero-order chi connectivity index (χ0) is 14.0. The lowest BCUT2D eigenvalue weighted by Gasteiger charge is -2.41. The fraction of sp³-hybridized carbons (Fsp3) is 0.571. The third-order valence-electron chi connectivity index (χ3n) is 3.98. The van der Waals surface area contributed by atoms with Crippen molar-refractivity contribution < 1.29 is 4.39 Å². The average Bonchev–Trinajstić information content (AvgIpc) is 2.39. The van der Waals surface area contributed by atoms with Gasteiger partial charge in [-0.25, -0.2) is 4.39 Å². The lowest BCUT2D eigenvalue weighted by atomic mass is 10.0. The molecule has 2 N–H and O–H groups in total. The minimum absolute atomic E-state index is 0.0583. The van der Waals surface area contributed by atoms with Gasteiger partial charge in [-0.3, -0.25) is 4.90 Å². The molecule has 1 aromatic carbocycles. The van der Waals surface area contributed by atoms with E-state index in [1.165, 1.54) is 6.07 Å². The molecule has 1 fully saturated rings. The SMILES string of the molecule is CC1CN(C(CN)c2ccc(Cl)c(F)c2)CCN1C. The molecule has 106 valence electrons. The molecule has 19 heavy (non-hydrogen) atoms. The third kappa shape index (κ3) is 3.26. The van der Waals surface area contributed by atoms with Crippen molar-refractivity contribution in [1.82, 2.24) is 9.80 Å². The number of likely N-dealkylation sites (N-methyl/N-ethyl adjacent to an activating group) is 1. The molecule has 1 aliphatic rings. The van der Waals surface area contributed by atoms with E-state index in [0.717, 1.165) is 25.2 Å². The Morgan fingerprint density at radius 1 is 1.47 bits per heavy atom. The van der Waals surface area contributed by atoms with Gasteiger partial charge in [-0.15, -0.1) is 0 Å². The van der Waals surface area contributed by atoms with E-state index in [1.807, 2.05) is 6.07 Å². The highest BCUT2D eigenvalue weighted by molar-refractivity contribution is 6.30. The molecule has 2 rings (SSSR count). The predicted octanol–water partition coefficient (Wildman–Crippen LogP) is 2.11. The number of halogens is 2. The molecule has 3 nitrogen and oxygen atoms in total. The van der Waals surface area contributed by atoms with Gasteiger partial charge in [0.1, 0.15) is 5.82 Å². The molecular formula is C14H21ClFN3. The number of hydrogen-bond donors (Lipinski definition) is 1. The van der Waals surface area contributed by atoms with Crippen LogP contribution in [0.4, 0.5) is 4.39 Å². The molecule has 0 radical (unpaired) electrons. The first-order valence-electron chi connectivity index (χ1n) is 6.62. The summed E-state index contributed by atoms with van der Waals surface area (Å²) in [7, 11) is 2.13. The Bertz CT molecular complexity index is 441. The highest BCUT2D eigenvalue weighted by atomic mass is 35.5. The summed E-state index contributed by atoms with van der Waals surface area (Å²) >= 11 is 5.73. The zero-order valence-electron chi connectivity index (χ0n) is 11.4. The maximum absolute atomic E-state index is 13.6. The first kappa shape index (κ1) is 14.7. The Hall–Kier alpha value is -0.680. The lowest BCUT2D eigenvalue weighted by Crippen LogP contribution is -2.52. The van der Waals surface area contributed by atoms with Crippen LogP contribution in [0, 0.1) is 5.82 Å². The Labute approximate surface area is 119 Å². The van der Waals surface area contributed by atoms with Crippen molar-refractivity contribution in [3.8, 4) is 0 Å². The monoisotopic (exact) mass is 285 g/mol. The normalized spacial score (nSPS) is 23.5. The van der Waals surface area contributed by atoms with Gasteiger partial charge in [-0.1, -0.05) is 17.7 Å². The molecule has 0 aliphatic carbocycles. The van der Waals surface area contributed by atoms with Crippen LogP contribution in [-0.4, -0.2) is 49.1 Å². The molecule has 1 aromatic rings. The second-order valence-corrected chi connectivity index (χ2v) is 5.66. The van der Waals surface area contributed by atoms with Crippen molar-refractivity contribution in [1.29, 1.82) is 0 Å². The summed E-state index contributed by atoms with van der Waals surface area (Å²) < 4.78 is 13.6.